The number of ether oxygens (including phenoxy) is 1. The number of methoxy groups -OCH3 is 1. The molecule has 1 aromatic carbocycles. The first kappa shape index (κ1) is 15.1. The molecule has 0 saturated heterocycles. The predicted octanol–water partition coefficient (Wildman–Crippen LogP) is 3.87. The van der Waals surface area contributed by atoms with Crippen LogP contribution in [0.15, 0.2) is 18.2 Å². The Morgan fingerprint density at radius 2 is 2.05 bits per heavy atom. The van der Waals surface area contributed by atoms with E-state index in [9.17, 15) is 0 Å². The maximum absolute atomic E-state index is 5.44. The fourth-order valence-electron chi connectivity index (χ4n) is 2.78. The van der Waals surface area contributed by atoms with Crippen LogP contribution < -0.4 is 15.4 Å². The Balaban J connectivity index is 1.99. The van der Waals surface area contributed by atoms with E-state index < -0.39 is 0 Å². The number of hydrogen-bond donors (Lipinski definition) is 2. The number of hydrogen-bond acceptors (Lipinski definition) is 2. The normalized spacial score (nSPS) is 22.1. The van der Waals surface area contributed by atoms with Crippen molar-refractivity contribution >= 4 is 23.0 Å². The van der Waals surface area contributed by atoms with Crippen molar-refractivity contribution in [2.45, 2.75) is 45.6 Å². The van der Waals surface area contributed by atoms with Crippen molar-refractivity contribution in [1.29, 1.82) is 0 Å². The van der Waals surface area contributed by atoms with Gasteiger partial charge in [0.1, 0.15) is 5.75 Å². The van der Waals surface area contributed by atoms with Gasteiger partial charge in [0, 0.05) is 6.04 Å². The Kier molecular flexibility index (Phi) is 5.24. The van der Waals surface area contributed by atoms with Gasteiger partial charge in [0.05, 0.1) is 12.8 Å². The van der Waals surface area contributed by atoms with E-state index in [4.69, 9.17) is 17.0 Å². The average molecular weight is 292 g/mol. The molecule has 1 fully saturated rings. The minimum atomic E-state index is 0.486. The van der Waals surface area contributed by atoms with Crippen molar-refractivity contribution in [3.8, 4) is 5.75 Å². The van der Waals surface area contributed by atoms with Crippen LogP contribution in [0.3, 0.4) is 0 Å². The van der Waals surface area contributed by atoms with Gasteiger partial charge in [-0.05, 0) is 55.6 Å². The summed E-state index contributed by atoms with van der Waals surface area (Å²) in [4.78, 5) is 0. The van der Waals surface area contributed by atoms with Gasteiger partial charge in [-0.3, -0.25) is 0 Å². The first-order valence-electron chi connectivity index (χ1n) is 7.32. The highest BCUT2D eigenvalue weighted by atomic mass is 32.1. The van der Waals surface area contributed by atoms with E-state index in [1.807, 2.05) is 12.1 Å². The summed E-state index contributed by atoms with van der Waals surface area (Å²) >= 11 is 5.44. The van der Waals surface area contributed by atoms with Gasteiger partial charge in [0.25, 0.3) is 0 Å². The molecule has 1 aliphatic carbocycles. The lowest BCUT2D eigenvalue weighted by Gasteiger charge is -2.30. The van der Waals surface area contributed by atoms with E-state index in [2.05, 4.69) is 30.5 Å². The zero-order valence-corrected chi connectivity index (χ0v) is 13.3. The van der Waals surface area contributed by atoms with E-state index in [0.29, 0.717) is 17.1 Å². The number of anilines is 1. The molecule has 1 saturated carbocycles. The second-order valence-electron chi connectivity index (χ2n) is 5.67. The van der Waals surface area contributed by atoms with Gasteiger partial charge in [0.2, 0.25) is 0 Å². The standard InChI is InChI=1S/C16H24N2OS/c1-11-8-9-15(19-3)14(10-11)18-16(20)17-13-7-5-4-6-12(13)2/h8-10,12-13H,4-7H2,1-3H3,(H2,17,18,20)/t12-,13-/m1/s1. The highest BCUT2D eigenvalue weighted by Gasteiger charge is 2.21. The van der Waals surface area contributed by atoms with Crippen molar-refractivity contribution in [3.05, 3.63) is 23.8 Å². The first-order chi connectivity index (χ1) is 9.60. The summed E-state index contributed by atoms with van der Waals surface area (Å²) in [6.45, 7) is 4.36. The van der Waals surface area contributed by atoms with Crippen LogP contribution in [0.2, 0.25) is 0 Å². The summed E-state index contributed by atoms with van der Waals surface area (Å²) in [5, 5.41) is 7.41. The minimum Gasteiger partial charge on any atom is -0.495 e. The smallest absolute Gasteiger partial charge is 0.171 e. The Hall–Kier alpha value is -1.29. The lowest BCUT2D eigenvalue weighted by Crippen LogP contribution is -2.43. The fraction of sp³-hybridized carbons (Fsp3) is 0.562. The Morgan fingerprint density at radius 1 is 1.30 bits per heavy atom. The zero-order valence-electron chi connectivity index (χ0n) is 12.5. The molecule has 2 rings (SSSR count). The molecule has 0 heterocycles. The number of thiocarbonyl (C=S) groups is 1. The molecule has 0 amide bonds. The molecule has 0 spiro atoms. The largest absolute Gasteiger partial charge is 0.495 e. The van der Waals surface area contributed by atoms with Crippen molar-refractivity contribution in [2.75, 3.05) is 12.4 Å². The summed E-state index contributed by atoms with van der Waals surface area (Å²) in [6, 6.07) is 6.53. The SMILES string of the molecule is COc1ccc(C)cc1NC(=S)N[C@@H]1CCCC[C@H]1C. The lowest BCUT2D eigenvalue weighted by atomic mass is 9.86. The second kappa shape index (κ2) is 6.93. The highest BCUT2D eigenvalue weighted by molar-refractivity contribution is 7.80. The predicted molar refractivity (Wildman–Crippen MR) is 88.5 cm³/mol. The Labute approximate surface area is 127 Å². The molecule has 0 bridgehead atoms. The number of nitrogens with one attached hydrogen (secondary N) is 2. The maximum atomic E-state index is 5.44. The Bertz CT molecular complexity index is 476. The monoisotopic (exact) mass is 292 g/mol. The molecule has 20 heavy (non-hydrogen) atoms. The van der Waals surface area contributed by atoms with Crippen molar-refractivity contribution in [3.63, 3.8) is 0 Å². The van der Waals surface area contributed by atoms with E-state index in [1.165, 1.54) is 31.2 Å². The fourth-order valence-corrected chi connectivity index (χ4v) is 3.04. The second-order valence-corrected chi connectivity index (χ2v) is 6.08. The van der Waals surface area contributed by atoms with Crippen LogP contribution in [0.5, 0.6) is 5.75 Å². The van der Waals surface area contributed by atoms with Gasteiger partial charge in [-0.25, -0.2) is 0 Å². The lowest BCUT2D eigenvalue weighted by molar-refractivity contribution is 0.309. The molecule has 1 aliphatic rings. The van der Waals surface area contributed by atoms with Gasteiger partial charge in [-0.1, -0.05) is 25.8 Å². The zero-order chi connectivity index (χ0) is 14.5. The van der Waals surface area contributed by atoms with Gasteiger partial charge < -0.3 is 15.4 Å². The third-order valence-electron chi connectivity index (χ3n) is 4.03. The molecular weight excluding hydrogens is 268 g/mol. The van der Waals surface area contributed by atoms with Gasteiger partial charge >= 0.3 is 0 Å². The molecule has 0 aliphatic heterocycles. The van der Waals surface area contributed by atoms with Crippen molar-refractivity contribution < 1.29 is 4.74 Å². The molecule has 4 heteroatoms. The molecule has 1 aromatic rings. The molecule has 2 atom stereocenters. The molecule has 0 unspecified atom stereocenters. The number of aryl methyl sites for hydroxylation is 1. The van der Waals surface area contributed by atoms with E-state index in [0.717, 1.165) is 11.4 Å². The average Bonchev–Trinajstić information content (AvgIpc) is 2.41. The van der Waals surface area contributed by atoms with Crippen molar-refractivity contribution in [2.24, 2.45) is 5.92 Å². The summed E-state index contributed by atoms with van der Waals surface area (Å²) in [7, 11) is 1.68. The van der Waals surface area contributed by atoms with Crippen LogP contribution in [0, 0.1) is 12.8 Å². The summed E-state index contributed by atoms with van der Waals surface area (Å²) in [5.41, 5.74) is 2.11. The third-order valence-corrected chi connectivity index (χ3v) is 4.25. The highest BCUT2D eigenvalue weighted by Crippen LogP contribution is 2.26. The van der Waals surface area contributed by atoms with Crippen LogP contribution in [0.4, 0.5) is 5.69 Å². The maximum Gasteiger partial charge on any atom is 0.171 e. The molecule has 3 nitrogen and oxygen atoms in total. The van der Waals surface area contributed by atoms with Gasteiger partial charge in [-0.2, -0.15) is 0 Å². The quantitative estimate of drug-likeness (QED) is 0.829. The number of benzene rings is 1. The minimum absolute atomic E-state index is 0.486. The molecular formula is C16H24N2OS. The summed E-state index contributed by atoms with van der Waals surface area (Å²) in [5.74, 6) is 1.50. The van der Waals surface area contributed by atoms with E-state index in [1.54, 1.807) is 7.11 Å². The van der Waals surface area contributed by atoms with Crippen LogP contribution in [0.25, 0.3) is 0 Å². The first-order valence-corrected chi connectivity index (χ1v) is 7.73. The van der Waals surface area contributed by atoms with Gasteiger partial charge in [-0.15, -0.1) is 0 Å². The van der Waals surface area contributed by atoms with E-state index >= 15 is 0 Å². The third kappa shape index (κ3) is 3.85. The Morgan fingerprint density at radius 3 is 2.75 bits per heavy atom. The van der Waals surface area contributed by atoms with Crippen LogP contribution >= 0.6 is 12.2 Å². The van der Waals surface area contributed by atoms with E-state index in [-0.39, 0.29) is 0 Å². The van der Waals surface area contributed by atoms with Crippen LogP contribution in [-0.4, -0.2) is 18.3 Å². The summed E-state index contributed by atoms with van der Waals surface area (Å²) < 4.78 is 5.36. The van der Waals surface area contributed by atoms with Crippen LogP contribution in [0.1, 0.15) is 38.2 Å². The van der Waals surface area contributed by atoms with Gasteiger partial charge in [0.15, 0.2) is 5.11 Å². The molecule has 110 valence electrons. The van der Waals surface area contributed by atoms with Crippen molar-refractivity contribution in [1.82, 2.24) is 5.32 Å². The summed E-state index contributed by atoms with van der Waals surface area (Å²) in [6.07, 6.45) is 5.12. The topological polar surface area (TPSA) is 33.3 Å². The molecule has 0 aromatic heterocycles. The number of rotatable bonds is 3. The van der Waals surface area contributed by atoms with Crippen LogP contribution in [-0.2, 0) is 0 Å². The molecule has 2 N–H and O–H groups in total. The molecule has 0 radical (unpaired) electrons.